The zero-order valence-electron chi connectivity index (χ0n) is 10.7. The Morgan fingerprint density at radius 3 is 2.95 bits per heavy atom. The van der Waals surface area contributed by atoms with Gasteiger partial charge in [0.25, 0.3) is 10.0 Å². The quantitative estimate of drug-likeness (QED) is 0.804. The number of aromatic nitrogens is 2. The zero-order chi connectivity index (χ0) is 14.0. The number of amides is 1. The maximum absolute atomic E-state index is 12.3. The molecule has 1 aliphatic rings. The smallest absolute Gasteiger partial charge is 0.407 e. The molecule has 1 aliphatic heterocycles. The lowest BCUT2D eigenvalue weighted by molar-refractivity contribution is 0.167. The standard InChI is InChI=1S/C10H16N4O4S/c1-7-11-5-9(12-7)19(16,17)14-4-3-8(6-14)13-10(15)18-2/h5,8H,3-4,6H2,1-2H3,(H,11,12)(H,13,15). The number of H-pyrrole nitrogens is 1. The van der Waals surface area contributed by atoms with Gasteiger partial charge in [0.1, 0.15) is 5.82 Å². The zero-order valence-corrected chi connectivity index (χ0v) is 11.5. The number of hydrogen-bond acceptors (Lipinski definition) is 5. The predicted molar refractivity (Wildman–Crippen MR) is 66.0 cm³/mol. The van der Waals surface area contributed by atoms with Gasteiger partial charge in [-0.3, -0.25) is 0 Å². The van der Waals surface area contributed by atoms with Crippen molar-refractivity contribution in [3.05, 3.63) is 12.0 Å². The summed E-state index contributed by atoms with van der Waals surface area (Å²) in [6, 6.07) is -0.230. The molecule has 0 aromatic carbocycles. The number of sulfonamides is 1. The number of carbonyl (C=O) groups is 1. The molecule has 0 saturated carbocycles. The summed E-state index contributed by atoms with van der Waals surface area (Å²) >= 11 is 0. The van der Waals surface area contributed by atoms with Gasteiger partial charge in [0, 0.05) is 19.1 Å². The first kappa shape index (κ1) is 13.8. The largest absolute Gasteiger partial charge is 0.453 e. The minimum Gasteiger partial charge on any atom is -0.453 e. The Balaban J connectivity index is 2.06. The van der Waals surface area contributed by atoms with E-state index in [0.29, 0.717) is 18.8 Å². The number of aryl methyl sites for hydroxylation is 1. The molecule has 106 valence electrons. The molecule has 0 bridgehead atoms. The molecule has 1 atom stereocenters. The first-order valence-corrected chi connectivity index (χ1v) is 7.23. The van der Waals surface area contributed by atoms with E-state index in [1.807, 2.05) is 0 Å². The third-order valence-electron chi connectivity index (χ3n) is 2.96. The number of ether oxygens (including phenoxy) is 1. The Hall–Kier alpha value is -1.61. The van der Waals surface area contributed by atoms with E-state index in [1.165, 1.54) is 17.6 Å². The lowest BCUT2D eigenvalue weighted by Crippen LogP contribution is -2.38. The summed E-state index contributed by atoms with van der Waals surface area (Å²) < 4.78 is 30.3. The minimum absolute atomic E-state index is 0.0729. The SMILES string of the molecule is COC(=O)NC1CCN(S(=O)(=O)c2cnc(C)[nH]2)C1. The van der Waals surface area contributed by atoms with E-state index < -0.39 is 16.1 Å². The summed E-state index contributed by atoms with van der Waals surface area (Å²) in [6.45, 7) is 2.27. The fraction of sp³-hybridized carbons (Fsp3) is 0.600. The molecule has 2 heterocycles. The number of rotatable bonds is 3. The average Bonchev–Trinajstić information content (AvgIpc) is 2.98. The highest BCUT2D eigenvalue weighted by Crippen LogP contribution is 2.19. The van der Waals surface area contributed by atoms with Crippen molar-refractivity contribution in [3.8, 4) is 0 Å². The second kappa shape index (κ2) is 5.17. The van der Waals surface area contributed by atoms with Gasteiger partial charge in [-0.25, -0.2) is 18.2 Å². The highest BCUT2D eigenvalue weighted by Gasteiger charge is 2.34. The molecule has 1 fully saturated rings. The molecule has 1 saturated heterocycles. The van der Waals surface area contributed by atoms with E-state index in [9.17, 15) is 13.2 Å². The number of nitrogens with zero attached hydrogens (tertiary/aromatic N) is 2. The Kier molecular flexibility index (Phi) is 3.76. The molecule has 9 heteroatoms. The molecule has 0 aliphatic carbocycles. The van der Waals surface area contributed by atoms with E-state index in [4.69, 9.17) is 0 Å². The van der Waals surface area contributed by atoms with Gasteiger partial charge in [0.2, 0.25) is 0 Å². The molecule has 0 spiro atoms. The number of hydrogen-bond donors (Lipinski definition) is 2. The molecule has 19 heavy (non-hydrogen) atoms. The highest BCUT2D eigenvalue weighted by atomic mass is 32.2. The Morgan fingerprint density at radius 1 is 1.63 bits per heavy atom. The van der Waals surface area contributed by atoms with Gasteiger partial charge >= 0.3 is 6.09 Å². The number of methoxy groups -OCH3 is 1. The summed E-state index contributed by atoms with van der Waals surface area (Å²) in [5.41, 5.74) is 0. The van der Waals surface area contributed by atoms with Crippen molar-refractivity contribution < 1.29 is 17.9 Å². The second-order valence-corrected chi connectivity index (χ2v) is 6.22. The number of carbonyl (C=O) groups excluding carboxylic acids is 1. The molecular weight excluding hydrogens is 272 g/mol. The van der Waals surface area contributed by atoms with Gasteiger partial charge in [-0.1, -0.05) is 0 Å². The molecular formula is C10H16N4O4S. The lowest BCUT2D eigenvalue weighted by atomic mass is 10.3. The number of aromatic amines is 1. The first-order valence-electron chi connectivity index (χ1n) is 5.79. The van der Waals surface area contributed by atoms with Crippen LogP contribution in [0.25, 0.3) is 0 Å². The fourth-order valence-electron chi connectivity index (χ4n) is 1.96. The Labute approximate surface area is 111 Å². The van der Waals surface area contributed by atoms with E-state index in [1.54, 1.807) is 6.92 Å². The maximum atomic E-state index is 12.3. The van der Waals surface area contributed by atoms with Crippen molar-refractivity contribution in [2.75, 3.05) is 20.2 Å². The maximum Gasteiger partial charge on any atom is 0.407 e. The first-order chi connectivity index (χ1) is 8.93. The van der Waals surface area contributed by atoms with Crippen LogP contribution in [0.2, 0.25) is 0 Å². The van der Waals surface area contributed by atoms with Crippen LogP contribution in [0.1, 0.15) is 12.2 Å². The van der Waals surface area contributed by atoms with Gasteiger partial charge in [-0.2, -0.15) is 4.31 Å². The van der Waals surface area contributed by atoms with Crippen LogP contribution in [0.3, 0.4) is 0 Å². The van der Waals surface area contributed by atoms with E-state index in [0.717, 1.165) is 0 Å². The van der Waals surface area contributed by atoms with Crippen LogP contribution >= 0.6 is 0 Å². The minimum atomic E-state index is -3.57. The van der Waals surface area contributed by atoms with Crippen molar-refractivity contribution in [2.24, 2.45) is 0 Å². The van der Waals surface area contributed by atoms with Gasteiger partial charge in [0.15, 0.2) is 5.03 Å². The van der Waals surface area contributed by atoms with Crippen LogP contribution in [0.15, 0.2) is 11.2 Å². The lowest BCUT2D eigenvalue weighted by Gasteiger charge is -2.15. The number of alkyl carbamates (subject to hydrolysis) is 1. The molecule has 1 amide bonds. The van der Waals surface area contributed by atoms with Crippen LogP contribution in [0.4, 0.5) is 4.79 Å². The van der Waals surface area contributed by atoms with Crippen LogP contribution in [-0.4, -0.2) is 55.0 Å². The average molecular weight is 288 g/mol. The summed E-state index contributed by atoms with van der Waals surface area (Å²) in [5.74, 6) is 0.544. The van der Waals surface area contributed by atoms with E-state index in [2.05, 4.69) is 20.0 Å². The molecule has 2 rings (SSSR count). The van der Waals surface area contributed by atoms with E-state index in [-0.39, 0.29) is 17.6 Å². The van der Waals surface area contributed by atoms with Crippen LogP contribution in [0.5, 0.6) is 0 Å². The van der Waals surface area contributed by atoms with Crippen molar-refractivity contribution >= 4 is 16.1 Å². The molecule has 0 radical (unpaired) electrons. The van der Waals surface area contributed by atoms with Gasteiger partial charge in [-0.15, -0.1) is 0 Å². The third-order valence-corrected chi connectivity index (χ3v) is 4.73. The van der Waals surface area contributed by atoms with Gasteiger partial charge < -0.3 is 15.0 Å². The fourth-order valence-corrected chi connectivity index (χ4v) is 3.42. The third kappa shape index (κ3) is 2.87. The normalized spacial score (nSPS) is 20.4. The van der Waals surface area contributed by atoms with Crippen LogP contribution in [0, 0.1) is 6.92 Å². The topological polar surface area (TPSA) is 104 Å². The van der Waals surface area contributed by atoms with Crippen molar-refractivity contribution in [1.29, 1.82) is 0 Å². The summed E-state index contributed by atoms with van der Waals surface area (Å²) in [7, 11) is -2.30. The van der Waals surface area contributed by atoms with Crippen molar-refractivity contribution in [2.45, 2.75) is 24.4 Å². The second-order valence-electron chi connectivity index (χ2n) is 4.32. The Morgan fingerprint density at radius 2 is 2.37 bits per heavy atom. The molecule has 1 unspecified atom stereocenters. The molecule has 2 N–H and O–H groups in total. The summed E-state index contributed by atoms with van der Waals surface area (Å²) in [5, 5.41) is 2.67. The van der Waals surface area contributed by atoms with E-state index >= 15 is 0 Å². The highest BCUT2D eigenvalue weighted by molar-refractivity contribution is 7.89. The summed E-state index contributed by atoms with van der Waals surface area (Å²) in [6.07, 6.45) is 1.30. The van der Waals surface area contributed by atoms with Crippen LogP contribution < -0.4 is 5.32 Å². The predicted octanol–water partition coefficient (Wildman–Crippen LogP) is -0.163. The van der Waals surface area contributed by atoms with Crippen LogP contribution in [-0.2, 0) is 14.8 Å². The monoisotopic (exact) mass is 288 g/mol. The molecule has 1 aromatic rings. The van der Waals surface area contributed by atoms with Crippen molar-refractivity contribution in [1.82, 2.24) is 19.6 Å². The number of nitrogens with one attached hydrogen (secondary N) is 2. The van der Waals surface area contributed by atoms with Gasteiger partial charge in [0.05, 0.1) is 13.3 Å². The molecule has 1 aromatic heterocycles. The summed E-state index contributed by atoms with van der Waals surface area (Å²) in [4.78, 5) is 17.7. The Bertz CT molecular complexity index is 568. The molecule has 8 nitrogen and oxygen atoms in total. The number of imidazole rings is 1. The van der Waals surface area contributed by atoms with Gasteiger partial charge in [-0.05, 0) is 13.3 Å². The van der Waals surface area contributed by atoms with Crippen molar-refractivity contribution in [3.63, 3.8) is 0 Å².